The Labute approximate surface area is 133 Å². The van der Waals surface area contributed by atoms with Crippen molar-refractivity contribution in [3.05, 3.63) is 0 Å². The van der Waals surface area contributed by atoms with Crippen LogP contribution >= 0.6 is 0 Å². The number of hydrogen-bond acceptors (Lipinski definition) is 4. The maximum atomic E-state index is 12.2. The van der Waals surface area contributed by atoms with E-state index in [1.165, 1.54) is 0 Å². The Bertz CT molecular complexity index is 370. The Morgan fingerprint density at radius 2 is 2.05 bits per heavy atom. The fraction of sp³-hybridized carbons (Fsp3) is 0.875. The number of morpholine rings is 1. The van der Waals surface area contributed by atoms with Crippen molar-refractivity contribution in [2.75, 3.05) is 52.5 Å². The van der Waals surface area contributed by atoms with Crippen molar-refractivity contribution < 1.29 is 14.3 Å². The molecule has 1 N–H and O–H groups in total. The van der Waals surface area contributed by atoms with Crippen LogP contribution in [0.4, 0.5) is 0 Å². The van der Waals surface area contributed by atoms with Crippen LogP contribution in [0.2, 0.25) is 0 Å². The van der Waals surface area contributed by atoms with E-state index in [9.17, 15) is 9.59 Å². The fourth-order valence-corrected chi connectivity index (χ4v) is 3.02. The molecule has 0 saturated carbocycles. The van der Waals surface area contributed by atoms with Gasteiger partial charge >= 0.3 is 0 Å². The number of nitrogens with zero attached hydrogens (tertiary/aromatic N) is 2. The number of amides is 2. The Hall–Kier alpha value is -1.14. The average Bonchev–Trinajstić information content (AvgIpc) is 2.90. The lowest BCUT2D eigenvalue weighted by atomic mass is 10.1. The third kappa shape index (κ3) is 5.25. The minimum atomic E-state index is -0.168. The quantitative estimate of drug-likeness (QED) is 0.662. The van der Waals surface area contributed by atoms with Gasteiger partial charge in [-0.1, -0.05) is 19.8 Å². The smallest absolute Gasteiger partial charge is 0.225 e. The van der Waals surface area contributed by atoms with Crippen LogP contribution in [-0.2, 0) is 14.3 Å². The zero-order chi connectivity index (χ0) is 15.8. The van der Waals surface area contributed by atoms with Gasteiger partial charge in [0.25, 0.3) is 0 Å². The highest BCUT2D eigenvalue weighted by atomic mass is 16.5. The zero-order valence-electron chi connectivity index (χ0n) is 13.7. The van der Waals surface area contributed by atoms with E-state index in [-0.39, 0.29) is 17.7 Å². The second-order valence-electron chi connectivity index (χ2n) is 6.19. The van der Waals surface area contributed by atoms with Crippen LogP contribution in [0.3, 0.4) is 0 Å². The molecule has 0 spiro atoms. The lowest BCUT2D eigenvalue weighted by molar-refractivity contribution is -0.129. The highest BCUT2D eigenvalue weighted by Crippen LogP contribution is 2.18. The molecule has 0 aromatic rings. The third-order valence-electron chi connectivity index (χ3n) is 4.45. The Morgan fingerprint density at radius 1 is 1.27 bits per heavy atom. The van der Waals surface area contributed by atoms with Gasteiger partial charge in [0.2, 0.25) is 11.8 Å². The van der Waals surface area contributed by atoms with Crippen LogP contribution in [0.5, 0.6) is 0 Å². The summed E-state index contributed by atoms with van der Waals surface area (Å²) in [4.78, 5) is 28.2. The van der Waals surface area contributed by atoms with Gasteiger partial charge in [-0.3, -0.25) is 14.5 Å². The molecular weight excluding hydrogens is 282 g/mol. The molecule has 2 rings (SSSR count). The number of hydrogen-bond donors (Lipinski definition) is 1. The van der Waals surface area contributed by atoms with Gasteiger partial charge in [0.1, 0.15) is 0 Å². The molecule has 2 aliphatic rings. The average molecular weight is 311 g/mol. The summed E-state index contributed by atoms with van der Waals surface area (Å²) < 4.78 is 5.30. The summed E-state index contributed by atoms with van der Waals surface area (Å²) in [6.07, 6.45) is 3.69. The van der Waals surface area contributed by atoms with E-state index in [4.69, 9.17) is 4.74 Å². The second-order valence-corrected chi connectivity index (χ2v) is 6.19. The van der Waals surface area contributed by atoms with Crippen LogP contribution in [0, 0.1) is 5.92 Å². The molecule has 2 amide bonds. The number of carbonyl (C=O) groups is 2. The van der Waals surface area contributed by atoms with Gasteiger partial charge in [-0.25, -0.2) is 0 Å². The third-order valence-corrected chi connectivity index (χ3v) is 4.45. The highest BCUT2D eigenvalue weighted by molar-refractivity contribution is 5.89. The molecule has 126 valence electrons. The van der Waals surface area contributed by atoms with Crippen molar-refractivity contribution in [1.82, 2.24) is 15.1 Å². The number of rotatable bonds is 8. The molecule has 2 saturated heterocycles. The van der Waals surface area contributed by atoms with E-state index in [2.05, 4.69) is 17.1 Å². The van der Waals surface area contributed by atoms with Crippen molar-refractivity contribution in [2.24, 2.45) is 5.92 Å². The lowest BCUT2D eigenvalue weighted by Gasteiger charge is -2.26. The first kappa shape index (κ1) is 17.2. The summed E-state index contributed by atoms with van der Waals surface area (Å²) >= 11 is 0. The number of nitrogens with one attached hydrogen (secondary N) is 1. The molecule has 0 aliphatic carbocycles. The van der Waals surface area contributed by atoms with E-state index in [1.807, 2.05) is 4.90 Å². The van der Waals surface area contributed by atoms with Crippen molar-refractivity contribution in [3.8, 4) is 0 Å². The second kappa shape index (κ2) is 9.10. The number of unbranched alkanes of at least 4 members (excludes halogenated alkanes) is 2. The molecule has 0 aromatic carbocycles. The van der Waals surface area contributed by atoms with Crippen LogP contribution in [0.25, 0.3) is 0 Å². The summed E-state index contributed by atoms with van der Waals surface area (Å²) in [6.45, 7) is 8.46. The minimum absolute atomic E-state index is 0.0274. The number of carbonyl (C=O) groups excluding carboxylic acids is 2. The molecule has 0 radical (unpaired) electrons. The van der Waals surface area contributed by atoms with Crippen LogP contribution in [0.1, 0.15) is 32.6 Å². The molecule has 22 heavy (non-hydrogen) atoms. The summed E-state index contributed by atoms with van der Waals surface area (Å²) in [6, 6.07) is 0. The normalized spacial score (nSPS) is 23.0. The monoisotopic (exact) mass is 311 g/mol. The molecule has 2 heterocycles. The maximum Gasteiger partial charge on any atom is 0.225 e. The summed E-state index contributed by atoms with van der Waals surface area (Å²) in [7, 11) is 0. The SMILES string of the molecule is CCCCCN1CC(C(=O)NCCN2CCOCC2)CC1=O. The van der Waals surface area contributed by atoms with E-state index in [0.717, 1.165) is 58.7 Å². The van der Waals surface area contributed by atoms with Crippen molar-refractivity contribution in [2.45, 2.75) is 32.6 Å². The predicted octanol–water partition coefficient (Wildman–Crippen LogP) is 0.474. The van der Waals surface area contributed by atoms with E-state index >= 15 is 0 Å². The molecular formula is C16H29N3O3. The minimum Gasteiger partial charge on any atom is -0.379 e. The summed E-state index contributed by atoms with van der Waals surface area (Å²) in [5, 5.41) is 2.98. The molecule has 0 aromatic heterocycles. The summed E-state index contributed by atoms with van der Waals surface area (Å²) in [5.74, 6) is -0.0113. The van der Waals surface area contributed by atoms with Crippen molar-refractivity contribution in [3.63, 3.8) is 0 Å². The Morgan fingerprint density at radius 3 is 2.77 bits per heavy atom. The van der Waals surface area contributed by atoms with Crippen molar-refractivity contribution >= 4 is 11.8 Å². The molecule has 0 bridgehead atoms. The molecule has 2 fully saturated rings. The standard InChI is InChI=1S/C16H29N3O3/c1-2-3-4-6-19-13-14(12-15(19)20)16(21)17-5-7-18-8-10-22-11-9-18/h14H,2-13H2,1H3,(H,17,21). The van der Waals surface area contributed by atoms with Gasteiger partial charge in [0, 0.05) is 45.7 Å². The molecule has 6 nitrogen and oxygen atoms in total. The molecule has 2 aliphatic heterocycles. The van der Waals surface area contributed by atoms with Gasteiger partial charge in [0.15, 0.2) is 0 Å². The first-order valence-corrected chi connectivity index (χ1v) is 8.56. The van der Waals surface area contributed by atoms with Gasteiger partial charge < -0.3 is 15.0 Å². The predicted molar refractivity (Wildman–Crippen MR) is 84.5 cm³/mol. The first-order chi connectivity index (χ1) is 10.7. The zero-order valence-corrected chi connectivity index (χ0v) is 13.7. The molecule has 1 atom stereocenters. The molecule has 6 heteroatoms. The first-order valence-electron chi connectivity index (χ1n) is 8.56. The highest BCUT2D eigenvalue weighted by Gasteiger charge is 2.33. The van der Waals surface area contributed by atoms with Crippen LogP contribution in [-0.4, -0.2) is 74.1 Å². The van der Waals surface area contributed by atoms with E-state index < -0.39 is 0 Å². The summed E-state index contributed by atoms with van der Waals surface area (Å²) in [5.41, 5.74) is 0. The largest absolute Gasteiger partial charge is 0.379 e. The molecule has 1 unspecified atom stereocenters. The van der Waals surface area contributed by atoms with Crippen LogP contribution < -0.4 is 5.32 Å². The van der Waals surface area contributed by atoms with E-state index in [1.54, 1.807) is 0 Å². The number of ether oxygens (including phenoxy) is 1. The van der Waals surface area contributed by atoms with Crippen molar-refractivity contribution in [1.29, 1.82) is 0 Å². The Kier molecular flexibility index (Phi) is 7.12. The Balaban J connectivity index is 1.63. The topological polar surface area (TPSA) is 61.9 Å². The van der Waals surface area contributed by atoms with Gasteiger partial charge in [0.05, 0.1) is 19.1 Å². The maximum absolute atomic E-state index is 12.2. The number of likely N-dealkylation sites (tertiary alicyclic amines) is 1. The van der Waals surface area contributed by atoms with Crippen LogP contribution in [0.15, 0.2) is 0 Å². The van der Waals surface area contributed by atoms with Gasteiger partial charge in [-0.15, -0.1) is 0 Å². The van der Waals surface area contributed by atoms with Gasteiger partial charge in [-0.05, 0) is 6.42 Å². The lowest BCUT2D eigenvalue weighted by Crippen LogP contribution is -2.42. The van der Waals surface area contributed by atoms with E-state index in [0.29, 0.717) is 19.5 Å². The fourth-order valence-electron chi connectivity index (χ4n) is 3.02. The van der Waals surface area contributed by atoms with Gasteiger partial charge in [-0.2, -0.15) is 0 Å².